The molecule has 1 fully saturated rings. The van der Waals surface area contributed by atoms with Gasteiger partial charge in [-0.3, -0.25) is 9.59 Å². The van der Waals surface area contributed by atoms with E-state index in [1.807, 2.05) is 7.05 Å². The number of nitrogens with zero attached hydrogens (tertiary/aromatic N) is 2. The Balaban J connectivity index is 2.08. The van der Waals surface area contributed by atoms with Crippen LogP contribution in [0.2, 0.25) is 0 Å². The van der Waals surface area contributed by atoms with Crippen LogP contribution in [0.25, 0.3) is 0 Å². The highest BCUT2D eigenvalue weighted by atomic mass is 16.3. The smallest absolute Gasteiger partial charge is 0.290 e. The third kappa shape index (κ3) is 3.64. The molecule has 2 amide bonds. The van der Waals surface area contributed by atoms with Gasteiger partial charge in [0.1, 0.15) is 6.04 Å². The first kappa shape index (κ1) is 15.6. The molecule has 2 rings (SSSR count). The Morgan fingerprint density at radius 1 is 1.48 bits per heavy atom. The fraction of sp³-hybridized carbons (Fsp3) is 0.600. The van der Waals surface area contributed by atoms with Gasteiger partial charge in [0.25, 0.3) is 5.91 Å². The van der Waals surface area contributed by atoms with Gasteiger partial charge in [-0.2, -0.15) is 0 Å². The van der Waals surface area contributed by atoms with Gasteiger partial charge in [0.05, 0.1) is 6.26 Å². The molecular formula is C15H23N3O3. The van der Waals surface area contributed by atoms with E-state index in [1.54, 1.807) is 29.0 Å². The Morgan fingerprint density at radius 2 is 2.29 bits per heavy atom. The number of likely N-dealkylation sites (N-methyl/N-ethyl adjacent to an activating group) is 2. The number of hydrogen-bond acceptors (Lipinski definition) is 4. The summed E-state index contributed by atoms with van der Waals surface area (Å²) in [5, 5.41) is 3.02. The number of furan rings is 1. The van der Waals surface area contributed by atoms with Crippen molar-refractivity contribution in [1.29, 1.82) is 0 Å². The molecule has 1 aliphatic rings. The minimum Gasteiger partial charge on any atom is -0.459 e. The first-order chi connectivity index (χ1) is 10.1. The second-order valence-corrected chi connectivity index (χ2v) is 5.35. The zero-order valence-electron chi connectivity index (χ0n) is 12.7. The lowest BCUT2D eigenvalue weighted by Gasteiger charge is -2.36. The van der Waals surface area contributed by atoms with E-state index in [-0.39, 0.29) is 17.9 Å². The molecule has 0 saturated carbocycles. The molecule has 1 atom stereocenters. The summed E-state index contributed by atoms with van der Waals surface area (Å²) in [6, 6.07) is 2.95. The molecule has 1 N–H and O–H groups in total. The average Bonchev–Trinajstić information content (AvgIpc) is 3.05. The summed E-state index contributed by atoms with van der Waals surface area (Å²) in [4.78, 5) is 28.4. The molecule has 21 heavy (non-hydrogen) atoms. The third-order valence-corrected chi connectivity index (χ3v) is 3.85. The van der Waals surface area contributed by atoms with E-state index in [0.29, 0.717) is 18.8 Å². The Labute approximate surface area is 125 Å². The lowest BCUT2D eigenvalue weighted by molar-refractivity contribution is -0.135. The highest BCUT2D eigenvalue weighted by Crippen LogP contribution is 2.21. The zero-order chi connectivity index (χ0) is 15.2. The Kier molecular flexibility index (Phi) is 5.38. The normalized spacial score (nSPS) is 18.6. The van der Waals surface area contributed by atoms with E-state index in [9.17, 15) is 9.59 Å². The number of hydrogen-bond donors (Lipinski definition) is 1. The quantitative estimate of drug-likeness (QED) is 0.878. The molecule has 0 bridgehead atoms. The van der Waals surface area contributed by atoms with E-state index < -0.39 is 0 Å². The summed E-state index contributed by atoms with van der Waals surface area (Å²) < 4.78 is 5.18. The number of nitrogens with one attached hydrogen (secondary N) is 1. The van der Waals surface area contributed by atoms with Crippen LogP contribution >= 0.6 is 0 Å². The molecule has 1 aliphatic heterocycles. The Hall–Kier alpha value is -1.82. The maximum Gasteiger partial charge on any atom is 0.290 e. The topological polar surface area (TPSA) is 65.8 Å². The summed E-state index contributed by atoms with van der Waals surface area (Å²) in [5.41, 5.74) is 0. The molecule has 0 radical (unpaired) electrons. The van der Waals surface area contributed by atoms with E-state index in [2.05, 4.69) is 5.32 Å². The van der Waals surface area contributed by atoms with Gasteiger partial charge in [-0.05, 0) is 38.4 Å². The van der Waals surface area contributed by atoms with Crippen molar-refractivity contribution in [3.63, 3.8) is 0 Å². The molecule has 2 heterocycles. The molecule has 116 valence electrons. The molecule has 6 heteroatoms. The first-order valence-electron chi connectivity index (χ1n) is 7.39. The molecule has 0 spiro atoms. The fourth-order valence-electron chi connectivity index (χ4n) is 2.62. The van der Waals surface area contributed by atoms with Crippen molar-refractivity contribution in [2.45, 2.75) is 25.3 Å². The van der Waals surface area contributed by atoms with Crippen LogP contribution in [0.1, 0.15) is 29.8 Å². The summed E-state index contributed by atoms with van der Waals surface area (Å²) in [6.45, 7) is 1.98. The van der Waals surface area contributed by atoms with Crippen molar-refractivity contribution < 1.29 is 14.0 Å². The van der Waals surface area contributed by atoms with Crippen LogP contribution in [0.5, 0.6) is 0 Å². The van der Waals surface area contributed by atoms with Crippen LogP contribution in [0.3, 0.4) is 0 Å². The summed E-state index contributed by atoms with van der Waals surface area (Å²) in [6.07, 6.45) is 4.09. The summed E-state index contributed by atoms with van der Waals surface area (Å²) in [5.74, 6) is 0.109. The lowest BCUT2D eigenvalue weighted by atomic mass is 10.0. The number of carbonyl (C=O) groups excluding carboxylic acids is 2. The van der Waals surface area contributed by atoms with Crippen molar-refractivity contribution >= 4 is 11.8 Å². The van der Waals surface area contributed by atoms with Gasteiger partial charge >= 0.3 is 0 Å². The Morgan fingerprint density at radius 3 is 2.95 bits per heavy atom. The second-order valence-electron chi connectivity index (χ2n) is 5.35. The maximum absolute atomic E-state index is 12.6. The molecule has 1 unspecified atom stereocenters. The molecule has 1 aromatic heterocycles. The monoisotopic (exact) mass is 293 g/mol. The molecular weight excluding hydrogens is 270 g/mol. The minimum absolute atomic E-state index is 0.00450. The second kappa shape index (κ2) is 7.26. The van der Waals surface area contributed by atoms with Crippen LogP contribution in [-0.2, 0) is 4.79 Å². The van der Waals surface area contributed by atoms with Crippen molar-refractivity contribution in [3.05, 3.63) is 24.2 Å². The first-order valence-corrected chi connectivity index (χ1v) is 7.39. The third-order valence-electron chi connectivity index (χ3n) is 3.85. The number of likely N-dealkylation sites (tertiary alicyclic amines) is 1. The van der Waals surface area contributed by atoms with E-state index >= 15 is 0 Å². The highest BCUT2D eigenvalue weighted by Gasteiger charge is 2.34. The van der Waals surface area contributed by atoms with Gasteiger partial charge in [0, 0.05) is 26.7 Å². The highest BCUT2D eigenvalue weighted by molar-refractivity contribution is 5.95. The van der Waals surface area contributed by atoms with E-state index in [0.717, 1.165) is 25.8 Å². The molecule has 0 aliphatic carbocycles. The SMILES string of the molecule is CNCCN(C)C(=O)C1CCCCN1C(=O)c1ccco1. The van der Waals surface area contributed by atoms with Crippen LogP contribution < -0.4 is 5.32 Å². The zero-order valence-corrected chi connectivity index (χ0v) is 12.7. The standard InChI is InChI=1S/C15H23N3O3/c1-16-8-10-17(2)14(19)12-6-3-4-9-18(12)15(20)13-7-5-11-21-13/h5,7,11-12,16H,3-4,6,8-10H2,1-2H3. The number of amides is 2. The molecule has 1 saturated heterocycles. The lowest BCUT2D eigenvalue weighted by Crippen LogP contribution is -2.52. The number of rotatable bonds is 5. The van der Waals surface area contributed by atoms with Crippen LogP contribution in [0.15, 0.2) is 22.8 Å². The molecule has 6 nitrogen and oxygen atoms in total. The van der Waals surface area contributed by atoms with Gasteiger partial charge < -0.3 is 19.5 Å². The number of carbonyl (C=O) groups is 2. The predicted molar refractivity (Wildman–Crippen MR) is 78.9 cm³/mol. The maximum atomic E-state index is 12.6. The predicted octanol–water partition coefficient (Wildman–Crippen LogP) is 0.952. The van der Waals surface area contributed by atoms with Gasteiger partial charge in [-0.1, -0.05) is 0 Å². The van der Waals surface area contributed by atoms with Gasteiger partial charge in [0.2, 0.25) is 5.91 Å². The van der Waals surface area contributed by atoms with Crippen molar-refractivity contribution in [1.82, 2.24) is 15.1 Å². The van der Waals surface area contributed by atoms with E-state index in [4.69, 9.17) is 4.42 Å². The van der Waals surface area contributed by atoms with Crippen LogP contribution in [-0.4, -0.2) is 61.4 Å². The molecule has 1 aromatic rings. The average molecular weight is 293 g/mol. The van der Waals surface area contributed by atoms with Gasteiger partial charge in [-0.25, -0.2) is 0 Å². The number of piperidine rings is 1. The molecule has 0 aromatic carbocycles. The summed E-state index contributed by atoms with van der Waals surface area (Å²) in [7, 11) is 3.63. The minimum atomic E-state index is -0.377. The van der Waals surface area contributed by atoms with Crippen molar-refractivity contribution in [2.24, 2.45) is 0 Å². The van der Waals surface area contributed by atoms with Crippen molar-refractivity contribution in [3.8, 4) is 0 Å². The van der Waals surface area contributed by atoms with Gasteiger partial charge in [0.15, 0.2) is 5.76 Å². The van der Waals surface area contributed by atoms with Gasteiger partial charge in [-0.15, -0.1) is 0 Å². The fourth-order valence-corrected chi connectivity index (χ4v) is 2.62. The largest absolute Gasteiger partial charge is 0.459 e. The van der Waals surface area contributed by atoms with Crippen LogP contribution in [0, 0.1) is 0 Å². The van der Waals surface area contributed by atoms with Crippen LogP contribution in [0.4, 0.5) is 0 Å². The summed E-state index contributed by atoms with van der Waals surface area (Å²) >= 11 is 0. The van der Waals surface area contributed by atoms with Crippen molar-refractivity contribution in [2.75, 3.05) is 33.7 Å². The van der Waals surface area contributed by atoms with E-state index in [1.165, 1.54) is 6.26 Å². The Bertz CT molecular complexity index is 473.